The van der Waals surface area contributed by atoms with Crippen molar-refractivity contribution < 1.29 is 4.79 Å². The molecule has 0 heterocycles. The summed E-state index contributed by atoms with van der Waals surface area (Å²) in [5.41, 5.74) is 0.772. The molecule has 2 rings (SSSR count). The van der Waals surface area contributed by atoms with Crippen molar-refractivity contribution in [2.24, 2.45) is 11.8 Å². The molecule has 1 aromatic rings. The summed E-state index contributed by atoms with van der Waals surface area (Å²) in [5, 5.41) is 3.24. The molecule has 1 amide bonds. The number of amides is 1. The van der Waals surface area contributed by atoms with Crippen LogP contribution in [0.4, 0.5) is 0 Å². The van der Waals surface area contributed by atoms with Gasteiger partial charge in [-0.05, 0) is 71.5 Å². The highest BCUT2D eigenvalue weighted by atomic mass is 127. The zero-order chi connectivity index (χ0) is 13.8. The lowest BCUT2D eigenvalue weighted by Crippen LogP contribution is -2.43. The Morgan fingerprint density at radius 2 is 1.84 bits per heavy atom. The van der Waals surface area contributed by atoms with Crippen LogP contribution in [0.15, 0.2) is 24.3 Å². The third-order valence-electron chi connectivity index (χ3n) is 4.10. The SMILES string of the molecule is CC(C)C1CCCCC1NC(=O)c1ccc(I)cc1. The van der Waals surface area contributed by atoms with Crippen LogP contribution in [0.3, 0.4) is 0 Å². The second kappa shape index (κ2) is 6.73. The monoisotopic (exact) mass is 371 g/mol. The summed E-state index contributed by atoms with van der Waals surface area (Å²) in [6, 6.07) is 8.13. The topological polar surface area (TPSA) is 29.1 Å². The van der Waals surface area contributed by atoms with Crippen LogP contribution < -0.4 is 5.32 Å². The lowest BCUT2D eigenvalue weighted by molar-refractivity contribution is 0.0889. The van der Waals surface area contributed by atoms with Crippen LogP contribution in [0.2, 0.25) is 0 Å². The molecule has 0 spiro atoms. The largest absolute Gasteiger partial charge is 0.349 e. The predicted molar refractivity (Wildman–Crippen MR) is 87.2 cm³/mol. The van der Waals surface area contributed by atoms with Crippen molar-refractivity contribution in [1.29, 1.82) is 0 Å². The molecule has 0 aromatic heterocycles. The van der Waals surface area contributed by atoms with E-state index >= 15 is 0 Å². The fourth-order valence-electron chi connectivity index (χ4n) is 2.99. The second-order valence-corrected chi connectivity index (χ2v) is 7.02. The van der Waals surface area contributed by atoms with E-state index < -0.39 is 0 Å². The maximum absolute atomic E-state index is 12.3. The van der Waals surface area contributed by atoms with Gasteiger partial charge in [0.05, 0.1) is 0 Å². The predicted octanol–water partition coefficient (Wildman–Crippen LogP) is 4.24. The average Bonchev–Trinajstić information content (AvgIpc) is 2.39. The Labute approximate surface area is 129 Å². The molecule has 1 aliphatic rings. The van der Waals surface area contributed by atoms with Crippen LogP contribution in [0.25, 0.3) is 0 Å². The minimum Gasteiger partial charge on any atom is -0.349 e. The van der Waals surface area contributed by atoms with Gasteiger partial charge in [-0.25, -0.2) is 0 Å². The fraction of sp³-hybridized carbons (Fsp3) is 0.562. The molecule has 2 atom stereocenters. The van der Waals surface area contributed by atoms with Crippen LogP contribution in [-0.2, 0) is 0 Å². The van der Waals surface area contributed by atoms with E-state index in [2.05, 4.69) is 41.8 Å². The Morgan fingerprint density at radius 1 is 1.21 bits per heavy atom. The molecule has 19 heavy (non-hydrogen) atoms. The average molecular weight is 371 g/mol. The number of benzene rings is 1. The quantitative estimate of drug-likeness (QED) is 0.792. The lowest BCUT2D eigenvalue weighted by atomic mass is 9.78. The Balaban J connectivity index is 2.02. The summed E-state index contributed by atoms with van der Waals surface area (Å²) in [4.78, 5) is 12.3. The van der Waals surface area contributed by atoms with Crippen LogP contribution >= 0.6 is 22.6 Å². The zero-order valence-electron chi connectivity index (χ0n) is 11.7. The van der Waals surface area contributed by atoms with Crippen molar-refractivity contribution in [2.45, 2.75) is 45.6 Å². The van der Waals surface area contributed by atoms with Crippen molar-refractivity contribution in [1.82, 2.24) is 5.32 Å². The van der Waals surface area contributed by atoms with Gasteiger partial charge in [-0.15, -0.1) is 0 Å². The minimum atomic E-state index is 0.0777. The summed E-state index contributed by atoms with van der Waals surface area (Å²) in [6.07, 6.45) is 4.91. The molecule has 0 bridgehead atoms. The Kier molecular flexibility index (Phi) is 5.25. The Bertz CT molecular complexity index is 427. The molecule has 1 saturated carbocycles. The van der Waals surface area contributed by atoms with Gasteiger partial charge in [0.2, 0.25) is 0 Å². The van der Waals surface area contributed by atoms with E-state index in [1.807, 2.05) is 24.3 Å². The van der Waals surface area contributed by atoms with Crippen LogP contribution in [0.1, 0.15) is 49.9 Å². The van der Waals surface area contributed by atoms with E-state index in [1.165, 1.54) is 19.3 Å². The van der Waals surface area contributed by atoms with Crippen molar-refractivity contribution >= 4 is 28.5 Å². The first-order valence-corrected chi connectivity index (χ1v) is 8.22. The molecule has 2 unspecified atom stereocenters. The molecule has 0 aliphatic heterocycles. The highest BCUT2D eigenvalue weighted by Crippen LogP contribution is 2.30. The summed E-state index contributed by atoms with van der Waals surface area (Å²) in [6.45, 7) is 4.53. The highest BCUT2D eigenvalue weighted by Gasteiger charge is 2.28. The van der Waals surface area contributed by atoms with E-state index in [4.69, 9.17) is 0 Å². The number of carbonyl (C=O) groups is 1. The molecular formula is C16H22INO. The second-order valence-electron chi connectivity index (χ2n) is 5.78. The summed E-state index contributed by atoms with van der Waals surface area (Å²) < 4.78 is 1.16. The van der Waals surface area contributed by atoms with Crippen LogP contribution in [-0.4, -0.2) is 11.9 Å². The zero-order valence-corrected chi connectivity index (χ0v) is 13.8. The van der Waals surface area contributed by atoms with E-state index in [1.54, 1.807) is 0 Å². The number of hydrogen-bond acceptors (Lipinski definition) is 1. The van der Waals surface area contributed by atoms with Gasteiger partial charge >= 0.3 is 0 Å². The highest BCUT2D eigenvalue weighted by molar-refractivity contribution is 14.1. The standard InChI is InChI=1S/C16H22INO/c1-11(2)14-5-3-4-6-15(14)18-16(19)12-7-9-13(17)10-8-12/h7-11,14-15H,3-6H2,1-2H3,(H,18,19). The van der Waals surface area contributed by atoms with Crippen molar-refractivity contribution in [2.75, 3.05) is 0 Å². The third kappa shape index (κ3) is 3.94. The minimum absolute atomic E-state index is 0.0777. The van der Waals surface area contributed by atoms with E-state index in [9.17, 15) is 4.79 Å². The van der Waals surface area contributed by atoms with E-state index in [0.29, 0.717) is 17.9 Å². The van der Waals surface area contributed by atoms with Crippen LogP contribution in [0, 0.1) is 15.4 Å². The lowest BCUT2D eigenvalue weighted by Gasteiger charge is -2.34. The molecule has 0 saturated heterocycles. The van der Waals surface area contributed by atoms with Gasteiger partial charge in [-0.1, -0.05) is 26.7 Å². The molecule has 0 radical (unpaired) electrons. The molecule has 1 aromatic carbocycles. The normalized spacial score (nSPS) is 23.4. The number of carbonyl (C=O) groups excluding carboxylic acids is 1. The van der Waals surface area contributed by atoms with Crippen LogP contribution in [0.5, 0.6) is 0 Å². The number of rotatable bonds is 3. The number of hydrogen-bond donors (Lipinski definition) is 1. The first-order chi connectivity index (χ1) is 9.08. The van der Waals surface area contributed by atoms with Crippen molar-refractivity contribution in [3.8, 4) is 0 Å². The van der Waals surface area contributed by atoms with E-state index in [0.717, 1.165) is 15.6 Å². The number of halogens is 1. The maximum atomic E-state index is 12.3. The molecule has 104 valence electrons. The van der Waals surface area contributed by atoms with Crippen molar-refractivity contribution in [3.63, 3.8) is 0 Å². The van der Waals surface area contributed by atoms with Gasteiger partial charge in [0.1, 0.15) is 0 Å². The third-order valence-corrected chi connectivity index (χ3v) is 4.82. The van der Waals surface area contributed by atoms with Gasteiger partial charge in [-0.2, -0.15) is 0 Å². The fourth-order valence-corrected chi connectivity index (χ4v) is 3.35. The summed E-state index contributed by atoms with van der Waals surface area (Å²) in [5.74, 6) is 1.35. The molecule has 2 nitrogen and oxygen atoms in total. The molecule has 1 aliphatic carbocycles. The number of nitrogens with one attached hydrogen (secondary N) is 1. The van der Waals surface area contributed by atoms with Gasteiger partial charge in [0, 0.05) is 15.2 Å². The Morgan fingerprint density at radius 3 is 2.47 bits per heavy atom. The molecule has 1 N–H and O–H groups in total. The van der Waals surface area contributed by atoms with Crippen molar-refractivity contribution in [3.05, 3.63) is 33.4 Å². The molecular weight excluding hydrogens is 349 g/mol. The summed E-state index contributed by atoms with van der Waals surface area (Å²) >= 11 is 2.26. The van der Waals surface area contributed by atoms with Gasteiger partial charge < -0.3 is 5.32 Å². The summed E-state index contributed by atoms with van der Waals surface area (Å²) in [7, 11) is 0. The van der Waals surface area contributed by atoms with Gasteiger partial charge in [-0.3, -0.25) is 4.79 Å². The first kappa shape index (κ1) is 14.8. The Hall–Kier alpha value is -0.580. The molecule has 1 fully saturated rings. The smallest absolute Gasteiger partial charge is 0.251 e. The maximum Gasteiger partial charge on any atom is 0.251 e. The van der Waals surface area contributed by atoms with E-state index in [-0.39, 0.29) is 5.91 Å². The van der Waals surface area contributed by atoms with Gasteiger partial charge in [0.15, 0.2) is 0 Å². The first-order valence-electron chi connectivity index (χ1n) is 7.14. The molecule has 3 heteroatoms. The van der Waals surface area contributed by atoms with Gasteiger partial charge in [0.25, 0.3) is 5.91 Å².